The number of hydrogen-bond acceptors (Lipinski definition) is 4. The van der Waals surface area contributed by atoms with Gasteiger partial charge >= 0.3 is 11.9 Å². The van der Waals surface area contributed by atoms with Gasteiger partial charge in [-0.25, -0.2) is 4.79 Å². The highest BCUT2D eigenvalue weighted by atomic mass is 16.4. The zero-order valence-corrected chi connectivity index (χ0v) is 11.9. The minimum Gasteiger partial charge on any atom is -0.481 e. The maximum absolute atomic E-state index is 12.2. The van der Waals surface area contributed by atoms with Crippen LogP contribution in [-0.2, 0) is 14.4 Å². The van der Waals surface area contributed by atoms with Crippen LogP contribution in [0.3, 0.4) is 0 Å². The quantitative estimate of drug-likeness (QED) is 0.533. The molecule has 1 saturated carbocycles. The van der Waals surface area contributed by atoms with Crippen LogP contribution in [0.15, 0.2) is 0 Å². The third-order valence-electron chi connectivity index (χ3n) is 4.60. The minimum absolute atomic E-state index is 0.0689. The Kier molecular flexibility index (Phi) is 4.82. The van der Waals surface area contributed by atoms with Crippen molar-refractivity contribution in [2.45, 2.75) is 44.6 Å². The first kappa shape index (κ1) is 15.8. The topological polar surface area (TPSA) is 116 Å². The van der Waals surface area contributed by atoms with Crippen molar-refractivity contribution in [2.24, 2.45) is 11.3 Å². The number of carbonyl (C=O) groups excluding carboxylic acids is 1. The molecule has 21 heavy (non-hydrogen) atoms. The molecule has 1 aliphatic carbocycles. The third-order valence-corrected chi connectivity index (χ3v) is 4.60. The fourth-order valence-electron chi connectivity index (χ4n) is 3.18. The van der Waals surface area contributed by atoms with Gasteiger partial charge < -0.3 is 20.8 Å². The Labute approximate surface area is 123 Å². The normalized spacial score (nSPS) is 24.3. The number of nitrogens with one attached hydrogen (secondary N) is 2. The smallest absolute Gasteiger partial charge is 0.326 e. The number of aliphatic carboxylic acids is 2. The summed E-state index contributed by atoms with van der Waals surface area (Å²) < 4.78 is 0. The van der Waals surface area contributed by atoms with Crippen molar-refractivity contribution in [1.29, 1.82) is 0 Å². The zero-order chi connectivity index (χ0) is 15.5. The van der Waals surface area contributed by atoms with Gasteiger partial charge in [0.25, 0.3) is 0 Å². The Morgan fingerprint density at radius 3 is 2.48 bits per heavy atom. The van der Waals surface area contributed by atoms with Gasteiger partial charge in [-0.2, -0.15) is 0 Å². The summed E-state index contributed by atoms with van der Waals surface area (Å²) in [6.07, 6.45) is 3.06. The van der Waals surface area contributed by atoms with Crippen LogP contribution >= 0.6 is 0 Å². The van der Waals surface area contributed by atoms with Crippen LogP contribution in [0.5, 0.6) is 0 Å². The highest BCUT2D eigenvalue weighted by Gasteiger charge is 2.57. The molecule has 1 aliphatic heterocycles. The summed E-state index contributed by atoms with van der Waals surface area (Å²) in [5.41, 5.74) is 0.0689. The van der Waals surface area contributed by atoms with Crippen LogP contribution in [0, 0.1) is 11.3 Å². The number of rotatable bonds is 7. The van der Waals surface area contributed by atoms with E-state index in [0.717, 1.165) is 32.4 Å². The predicted molar refractivity (Wildman–Crippen MR) is 73.7 cm³/mol. The minimum atomic E-state index is -1.10. The van der Waals surface area contributed by atoms with Crippen LogP contribution < -0.4 is 10.6 Å². The number of carboxylic acid groups (broad SMARTS) is 2. The Morgan fingerprint density at radius 1 is 1.24 bits per heavy atom. The van der Waals surface area contributed by atoms with Crippen LogP contribution in [-0.4, -0.2) is 47.2 Å². The molecule has 2 aliphatic rings. The van der Waals surface area contributed by atoms with E-state index < -0.39 is 18.0 Å². The van der Waals surface area contributed by atoms with Crippen molar-refractivity contribution in [3.63, 3.8) is 0 Å². The van der Waals surface area contributed by atoms with E-state index in [1.54, 1.807) is 0 Å². The molecule has 4 N–H and O–H groups in total. The standard InChI is InChI=1S/C14H22N2O5/c17-11(18)3-1-2-10(13(20)21)16-12(19)9-8-14(9)4-6-15-7-5-14/h9-10,15H,1-8H2,(H,16,19)(H,17,18)(H,20,21)/t9?,10-/m1/s1. The van der Waals surface area contributed by atoms with E-state index in [1.807, 2.05) is 0 Å². The lowest BCUT2D eigenvalue weighted by Gasteiger charge is -2.23. The number of amides is 1. The molecule has 0 aromatic heterocycles. The maximum atomic E-state index is 12.2. The van der Waals surface area contributed by atoms with Gasteiger partial charge in [0.2, 0.25) is 5.91 Å². The number of piperidine rings is 1. The molecule has 2 atom stereocenters. The first-order valence-electron chi connectivity index (χ1n) is 7.40. The van der Waals surface area contributed by atoms with Crippen LogP contribution in [0.1, 0.15) is 38.5 Å². The fraction of sp³-hybridized carbons (Fsp3) is 0.786. The average Bonchev–Trinajstić information content (AvgIpc) is 3.11. The lowest BCUT2D eigenvalue weighted by Crippen LogP contribution is -2.43. The molecule has 1 amide bonds. The van der Waals surface area contributed by atoms with E-state index in [4.69, 9.17) is 10.2 Å². The molecule has 1 heterocycles. The van der Waals surface area contributed by atoms with Gasteiger partial charge in [0.1, 0.15) is 6.04 Å². The van der Waals surface area contributed by atoms with Gasteiger partial charge in [-0.05, 0) is 50.6 Å². The Bertz CT molecular complexity index is 431. The van der Waals surface area contributed by atoms with Crippen LogP contribution in [0.25, 0.3) is 0 Å². The molecule has 1 spiro atoms. The molecule has 0 aromatic carbocycles. The lowest BCUT2D eigenvalue weighted by atomic mass is 9.91. The molecule has 0 aromatic rings. The van der Waals surface area contributed by atoms with Crippen molar-refractivity contribution in [3.05, 3.63) is 0 Å². The number of carbonyl (C=O) groups is 3. The predicted octanol–water partition coefficient (Wildman–Crippen LogP) is 0.200. The summed E-state index contributed by atoms with van der Waals surface area (Å²) >= 11 is 0. The molecular formula is C14H22N2O5. The summed E-state index contributed by atoms with van der Waals surface area (Å²) in [6.45, 7) is 1.81. The summed E-state index contributed by atoms with van der Waals surface area (Å²) in [7, 11) is 0. The molecule has 118 valence electrons. The van der Waals surface area contributed by atoms with E-state index in [1.165, 1.54) is 0 Å². The third kappa shape index (κ3) is 3.93. The van der Waals surface area contributed by atoms with Crippen molar-refractivity contribution in [1.82, 2.24) is 10.6 Å². The Balaban J connectivity index is 1.81. The van der Waals surface area contributed by atoms with E-state index in [-0.39, 0.29) is 36.5 Å². The van der Waals surface area contributed by atoms with Gasteiger partial charge in [-0.3, -0.25) is 9.59 Å². The lowest BCUT2D eigenvalue weighted by molar-refractivity contribution is -0.143. The maximum Gasteiger partial charge on any atom is 0.326 e. The zero-order valence-electron chi connectivity index (χ0n) is 11.9. The van der Waals surface area contributed by atoms with E-state index in [0.29, 0.717) is 0 Å². The van der Waals surface area contributed by atoms with Crippen molar-refractivity contribution < 1.29 is 24.6 Å². The molecule has 2 fully saturated rings. The van der Waals surface area contributed by atoms with Gasteiger partial charge in [0, 0.05) is 12.3 Å². The second kappa shape index (κ2) is 6.43. The van der Waals surface area contributed by atoms with Crippen LogP contribution in [0.4, 0.5) is 0 Å². The van der Waals surface area contributed by atoms with Crippen molar-refractivity contribution in [3.8, 4) is 0 Å². The van der Waals surface area contributed by atoms with Gasteiger partial charge in [0.15, 0.2) is 0 Å². The number of carboxylic acids is 2. The molecule has 1 unspecified atom stereocenters. The summed E-state index contributed by atoms with van der Waals surface area (Å²) in [5, 5.41) is 23.5. The average molecular weight is 298 g/mol. The summed E-state index contributed by atoms with van der Waals surface area (Å²) in [4.78, 5) is 33.8. The van der Waals surface area contributed by atoms with Crippen molar-refractivity contribution in [2.75, 3.05) is 13.1 Å². The molecule has 0 radical (unpaired) electrons. The van der Waals surface area contributed by atoms with E-state index in [9.17, 15) is 14.4 Å². The molecular weight excluding hydrogens is 276 g/mol. The Morgan fingerprint density at radius 2 is 1.90 bits per heavy atom. The van der Waals surface area contributed by atoms with Gasteiger partial charge in [0.05, 0.1) is 0 Å². The largest absolute Gasteiger partial charge is 0.481 e. The summed E-state index contributed by atoms with van der Waals surface area (Å²) in [5.74, 6) is -2.34. The molecule has 2 rings (SSSR count). The SMILES string of the molecule is O=C(O)CCC[C@@H](NC(=O)C1CC12CCNCC2)C(=O)O. The number of hydrogen-bond donors (Lipinski definition) is 4. The van der Waals surface area contributed by atoms with E-state index >= 15 is 0 Å². The fourth-order valence-corrected chi connectivity index (χ4v) is 3.18. The Hall–Kier alpha value is -1.63. The highest BCUT2D eigenvalue weighted by Crippen LogP contribution is 2.58. The van der Waals surface area contributed by atoms with Gasteiger partial charge in [-0.1, -0.05) is 0 Å². The summed E-state index contributed by atoms with van der Waals surface area (Å²) in [6, 6.07) is -0.990. The monoisotopic (exact) mass is 298 g/mol. The molecule has 1 saturated heterocycles. The second-order valence-corrected chi connectivity index (χ2v) is 6.05. The van der Waals surface area contributed by atoms with Gasteiger partial charge in [-0.15, -0.1) is 0 Å². The second-order valence-electron chi connectivity index (χ2n) is 6.05. The first-order chi connectivity index (χ1) is 9.94. The van der Waals surface area contributed by atoms with Crippen molar-refractivity contribution >= 4 is 17.8 Å². The molecule has 7 nitrogen and oxygen atoms in total. The molecule has 7 heteroatoms. The molecule has 0 bridgehead atoms. The highest BCUT2D eigenvalue weighted by molar-refractivity contribution is 5.87. The van der Waals surface area contributed by atoms with E-state index in [2.05, 4.69) is 10.6 Å². The first-order valence-corrected chi connectivity index (χ1v) is 7.40. The van der Waals surface area contributed by atoms with Crippen LogP contribution in [0.2, 0.25) is 0 Å².